The summed E-state index contributed by atoms with van der Waals surface area (Å²) in [6.45, 7) is 5.58. The van der Waals surface area contributed by atoms with E-state index in [1.807, 2.05) is 6.92 Å². The van der Waals surface area contributed by atoms with E-state index in [-0.39, 0.29) is 0 Å². The third-order valence-corrected chi connectivity index (χ3v) is 2.12. The first-order valence-electron chi connectivity index (χ1n) is 5.10. The van der Waals surface area contributed by atoms with Gasteiger partial charge in [-0.3, -0.25) is 0 Å². The largest absolute Gasteiger partial charge is 0.496 e. The normalized spacial score (nSPS) is 8.94. The average molecular weight is 232 g/mol. The van der Waals surface area contributed by atoms with E-state index in [1.54, 1.807) is 33.5 Å². The summed E-state index contributed by atoms with van der Waals surface area (Å²) in [5.41, 5.74) is 1.48. The fraction of sp³-hybridized carbons (Fsp3) is 0.286. The molecule has 0 amide bonds. The van der Waals surface area contributed by atoms with Gasteiger partial charge in [0.1, 0.15) is 22.8 Å². The molecule has 0 N–H and O–H groups in total. The summed E-state index contributed by atoms with van der Waals surface area (Å²) in [5, 5.41) is 0. The molecule has 0 unspecified atom stereocenters. The van der Waals surface area contributed by atoms with Gasteiger partial charge in [-0.25, -0.2) is 0 Å². The molecule has 0 radical (unpaired) electrons. The molecule has 1 aromatic rings. The van der Waals surface area contributed by atoms with Crippen molar-refractivity contribution in [2.45, 2.75) is 6.92 Å². The Balaban J connectivity index is 3.36. The van der Waals surface area contributed by atoms with Gasteiger partial charge in [-0.1, -0.05) is 18.4 Å². The van der Waals surface area contributed by atoms with Gasteiger partial charge in [0.25, 0.3) is 0 Å². The van der Waals surface area contributed by atoms with Crippen LogP contribution in [-0.2, 0) is 0 Å². The molecule has 1 aromatic carbocycles. The van der Waals surface area contributed by atoms with Crippen LogP contribution in [0.25, 0.3) is 0 Å². The van der Waals surface area contributed by atoms with E-state index in [0.29, 0.717) is 22.8 Å². The van der Waals surface area contributed by atoms with E-state index in [0.717, 1.165) is 5.57 Å². The second-order valence-electron chi connectivity index (χ2n) is 3.44. The third kappa shape index (κ3) is 3.18. The lowest BCUT2D eigenvalue weighted by atomic mass is 10.1. The third-order valence-electron chi connectivity index (χ3n) is 2.12. The fourth-order valence-corrected chi connectivity index (χ4v) is 1.30. The minimum Gasteiger partial charge on any atom is -0.496 e. The molecule has 0 aliphatic rings. The highest BCUT2D eigenvalue weighted by atomic mass is 16.5. The second kappa shape index (κ2) is 5.86. The zero-order chi connectivity index (χ0) is 12.8. The van der Waals surface area contributed by atoms with Gasteiger partial charge < -0.3 is 14.2 Å². The lowest BCUT2D eigenvalue weighted by Gasteiger charge is -2.11. The van der Waals surface area contributed by atoms with Crippen LogP contribution in [0.2, 0.25) is 0 Å². The Bertz CT molecular complexity index is 453. The highest BCUT2D eigenvalue weighted by Crippen LogP contribution is 2.33. The molecule has 3 nitrogen and oxygen atoms in total. The van der Waals surface area contributed by atoms with Crippen molar-refractivity contribution in [2.24, 2.45) is 0 Å². The number of hydrogen-bond donors (Lipinski definition) is 0. The van der Waals surface area contributed by atoms with E-state index in [9.17, 15) is 0 Å². The highest BCUT2D eigenvalue weighted by Gasteiger charge is 2.10. The molecule has 0 bridgehead atoms. The lowest BCUT2D eigenvalue weighted by Crippen LogP contribution is -1.95. The Labute approximate surface area is 102 Å². The van der Waals surface area contributed by atoms with Gasteiger partial charge in [0.15, 0.2) is 0 Å². The summed E-state index contributed by atoms with van der Waals surface area (Å²) in [4.78, 5) is 0. The van der Waals surface area contributed by atoms with Crippen molar-refractivity contribution in [3.8, 4) is 29.1 Å². The molecule has 0 aliphatic heterocycles. The van der Waals surface area contributed by atoms with E-state index in [2.05, 4.69) is 18.4 Å². The van der Waals surface area contributed by atoms with Crippen molar-refractivity contribution in [2.75, 3.05) is 21.3 Å². The summed E-state index contributed by atoms with van der Waals surface area (Å²) in [7, 11) is 4.76. The van der Waals surface area contributed by atoms with E-state index >= 15 is 0 Å². The van der Waals surface area contributed by atoms with Gasteiger partial charge in [-0.05, 0) is 12.5 Å². The number of rotatable bonds is 3. The van der Waals surface area contributed by atoms with Crippen molar-refractivity contribution < 1.29 is 14.2 Å². The Hall–Kier alpha value is -2.08. The van der Waals surface area contributed by atoms with E-state index in [1.165, 1.54) is 0 Å². The second-order valence-corrected chi connectivity index (χ2v) is 3.44. The van der Waals surface area contributed by atoms with Crippen LogP contribution in [0.3, 0.4) is 0 Å². The molecule has 0 fully saturated rings. The molecule has 3 heteroatoms. The Kier molecular flexibility index (Phi) is 4.47. The SMILES string of the molecule is C=C(C)C#Cc1c(OC)cc(OC)cc1OC. The maximum Gasteiger partial charge on any atom is 0.141 e. The highest BCUT2D eigenvalue weighted by molar-refractivity contribution is 5.59. The maximum atomic E-state index is 5.27. The van der Waals surface area contributed by atoms with Gasteiger partial charge >= 0.3 is 0 Å². The molecule has 0 atom stereocenters. The standard InChI is InChI=1S/C14H16O3/c1-10(2)6-7-12-13(16-4)8-11(15-3)9-14(12)17-5/h8-9H,1H2,2-5H3. The van der Waals surface area contributed by atoms with Crippen molar-refractivity contribution in [3.63, 3.8) is 0 Å². The molecular formula is C14H16O3. The van der Waals surface area contributed by atoms with Crippen LogP contribution in [0.1, 0.15) is 12.5 Å². The van der Waals surface area contributed by atoms with Crippen molar-refractivity contribution >= 4 is 0 Å². The van der Waals surface area contributed by atoms with Crippen LogP contribution in [0.5, 0.6) is 17.2 Å². The monoisotopic (exact) mass is 232 g/mol. The quantitative estimate of drug-likeness (QED) is 0.750. The van der Waals surface area contributed by atoms with Crippen molar-refractivity contribution in [1.29, 1.82) is 0 Å². The Morgan fingerprint density at radius 2 is 1.59 bits per heavy atom. The Morgan fingerprint density at radius 1 is 1.06 bits per heavy atom. The molecule has 0 spiro atoms. The lowest BCUT2D eigenvalue weighted by molar-refractivity contribution is 0.374. The molecular weight excluding hydrogens is 216 g/mol. The zero-order valence-corrected chi connectivity index (χ0v) is 10.6. The number of ether oxygens (including phenoxy) is 3. The van der Waals surface area contributed by atoms with Gasteiger partial charge in [-0.15, -0.1) is 0 Å². The van der Waals surface area contributed by atoms with Crippen LogP contribution in [-0.4, -0.2) is 21.3 Å². The molecule has 0 aliphatic carbocycles. The smallest absolute Gasteiger partial charge is 0.141 e. The van der Waals surface area contributed by atoms with Crippen molar-refractivity contribution in [3.05, 3.63) is 29.8 Å². The minimum atomic E-state index is 0.620. The number of hydrogen-bond acceptors (Lipinski definition) is 3. The topological polar surface area (TPSA) is 27.7 Å². The van der Waals surface area contributed by atoms with E-state index < -0.39 is 0 Å². The first kappa shape index (κ1) is 13.0. The molecule has 0 aromatic heterocycles. The van der Waals surface area contributed by atoms with Crippen LogP contribution in [0.15, 0.2) is 24.3 Å². The van der Waals surface area contributed by atoms with Gasteiger partial charge in [0, 0.05) is 12.1 Å². The first-order chi connectivity index (χ1) is 8.12. The molecule has 90 valence electrons. The summed E-state index contributed by atoms with van der Waals surface area (Å²) >= 11 is 0. The Morgan fingerprint density at radius 3 is 1.94 bits per heavy atom. The van der Waals surface area contributed by atoms with Crippen LogP contribution >= 0.6 is 0 Å². The van der Waals surface area contributed by atoms with Crippen molar-refractivity contribution in [1.82, 2.24) is 0 Å². The van der Waals surface area contributed by atoms with Crippen LogP contribution in [0, 0.1) is 11.8 Å². The zero-order valence-electron chi connectivity index (χ0n) is 10.6. The molecule has 17 heavy (non-hydrogen) atoms. The predicted octanol–water partition coefficient (Wildman–Crippen LogP) is 2.64. The summed E-state index contributed by atoms with van der Waals surface area (Å²) in [6.07, 6.45) is 0. The molecule has 0 saturated heterocycles. The predicted molar refractivity (Wildman–Crippen MR) is 67.8 cm³/mol. The first-order valence-corrected chi connectivity index (χ1v) is 5.10. The van der Waals surface area contributed by atoms with Gasteiger partial charge in [0.05, 0.1) is 21.3 Å². The van der Waals surface area contributed by atoms with Crippen LogP contribution in [0.4, 0.5) is 0 Å². The minimum absolute atomic E-state index is 0.620. The van der Waals surface area contributed by atoms with Gasteiger partial charge in [-0.2, -0.15) is 0 Å². The maximum absolute atomic E-state index is 5.27. The number of benzene rings is 1. The fourth-order valence-electron chi connectivity index (χ4n) is 1.30. The van der Waals surface area contributed by atoms with Crippen LogP contribution < -0.4 is 14.2 Å². The molecule has 0 saturated carbocycles. The van der Waals surface area contributed by atoms with E-state index in [4.69, 9.17) is 14.2 Å². The number of allylic oxidation sites excluding steroid dienone is 1. The van der Waals surface area contributed by atoms with Gasteiger partial charge in [0.2, 0.25) is 0 Å². The summed E-state index contributed by atoms with van der Waals surface area (Å²) < 4.78 is 15.7. The molecule has 1 rings (SSSR count). The molecule has 0 heterocycles. The summed E-state index contributed by atoms with van der Waals surface area (Å²) in [6, 6.07) is 3.54. The number of methoxy groups -OCH3 is 3. The average Bonchev–Trinajstić information content (AvgIpc) is 2.34. The summed E-state index contributed by atoms with van der Waals surface area (Å²) in [5.74, 6) is 7.79.